The van der Waals surface area contributed by atoms with Gasteiger partial charge in [0.15, 0.2) is 0 Å². The second-order valence-corrected chi connectivity index (χ2v) is 17.4. The fraction of sp³-hybridized carbons (Fsp3) is 0.123. The van der Waals surface area contributed by atoms with Crippen LogP contribution >= 0.6 is 0 Å². The summed E-state index contributed by atoms with van der Waals surface area (Å²) in [6.45, 7) is 4.80. The molecule has 0 aromatic heterocycles. The summed E-state index contributed by atoms with van der Waals surface area (Å²) < 4.78 is 13.6. The zero-order chi connectivity index (χ0) is 39.0. The summed E-state index contributed by atoms with van der Waals surface area (Å²) in [7, 11) is 0. The van der Waals surface area contributed by atoms with Crippen LogP contribution in [-0.4, -0.2) is 12.2 Å². The molecule has 0 radical (unpaired) electrons. The van der Waals surface area contributed by atoms with Crippen molar-refractivity contribution in [3.05, 3.63) is 204 Å². The molecule has 2 heteroatoms. The Labute approximate surface area is 344 Å². The van der Waals surface area contributed by atoms with E-state index < -0.39 is 0 Å². The molecule has 0 N–H and O–H groups in total. The van der Waals surface area contributed by atoms with E-state index in [0.717, 1.165) is 17.1 Å². The van der Waals surface area contributed by atoms with E-state index in [2.05, 4.69) is 196 Å². The highest BCUT2D eigenvalue weighted by Crippen LogP contribution is 2.58. The molecule has 4 atom stereocenters. The van der Waals surface area contributed by atoms with Crippen molar-refractivity contribution < 1.29 is 9.47 Å². The monoisotopic (exact) mass is 756 g/mol. The summed E-state index contributed by atoms with van der Waals surface area (Å²) in [6.07, 6.45) is 17.4. The van der Waals surface area contributed by atoms with E-state index in [9.17, 15) is 0 Å². The van der Waals surface area contributed by atoms with Gasteiger partial charge in [-0.3, -0.25) is 0 Å². The van der Waals surface area contributed by atoms with Gasteiger partial charge in [0.2, 0.25) is 0 Å². The van der Waals surface area contributed by atoms with E-state index in [1.54, 1.807) is 0 Å². The normalized spacial score (nSPS) is 20.8. The van der Waals surface area contributed by atoms with E-state index in [1.807, 2.05) is 0 Å². The Hall–Kier alpha value is -6.90. The molecule has 2 nitrogen and oxygen atoms in total. The lowest BCUT2D eigenvalue weighted by Gasteiger charge is -2.24. The molecule has 0 fully saturated rings. The third kappa shape index (κ3) is 4.63. The Bertz CT molecular complexity index is 3220. The van der Waals surface area contributed by atoms with E-state index in [-0.39, 0.29) is 29.5 Å². The largest absolute Gasteiger partial charge is 0.485 e. The van der Waals surface area contributed by atoms with Crippen molar-refractivity contribution >= 4 is 32.3 Å². The molecule has 59 heavy (non-hydrogen) atoms. The van der Waals surface area contributed by atoms with Gasteiger partial charge in [-0.05, 0) is 119 Å². The molecule has 4 unspecified atom stereocenters. The predicted octanol–water partition coefficient (Wildman–Crippen LogP) is 14.4. The Morgan fingerprint density at radius 1 is 0.424 bits per heavy atom. The second-order valence-electron chi connectivity index (χ2n) is 17.4. The van der Waals surface area contributed by atoms with Crippen LogP contribution in [-0.2, 0) is 5.41 Å². The summed E-state index contributed by atoms with van der Waals surface area (Å²) in [5.74, 6) is 2.31. The number of fused-ring (bicyclic) bond motifs is 13. The molecular formula is C57H40O2. The van der Waals surface area contributed by atoms with Crippen LogP contribution in [0.1, 0.15) is 47.9 Å². The van der Waals surface area contributed by atoms with Gasteiger partial charge in [0.25, 0.3) is 0 Å². The van der Waals surface area contributed by atoms with Crippen molar-refractivity contribution in [1.29, 1.82) is 0 Å². The molecule has 5 aliphatic rings. The van der Waals surface area contributed by atoms with Gasteiger partial charge in [-0.2, -0.15) is 0 Å². The number of benzene rings is 8. The Morgan fingerprint density at radius 2 is 0.932 bits per heavy atom. The van der Waals surface area contributed by atoms with E-state index in [1.165, 1.54) is 93.5 Å². The molecule has 8 aromatic rings. The minimum atomic E-state index is -0.224. The van der Waals surface area contributed by atoms with Crippen LogP contribution in [0.5, 0.6) is 11.5 Å². The SMILES string of the molecule is CC1(C)c2cc(-c3cc4c(c5c3OC3C=CC=CC53)OC3C=CC=CC43)ccc2-c2ccc(-c3c4ccccc4c(-c4ccc5ccccc5c4)c4ccccc34)cc21. The second kappa shape index (κ2) is 12.1. The van der Waals surface area contributed by atoms with Crippen LogP contribution in [0.2, 0.25) is 0 Å². The van der Waals surface area contributed by atoms with Crippen molar-refractivity contribution in [3.8, 4) is 56.0 Å². The van der Waals surface area contributed by atoms with Crippen LogP contribution in [0.25, 0.3) is 76.8 Å². The van der Waals surface area contributed by atoms with Crippen LogP contribution in [0.15, 0.2) is 182 Å². The fourth-order valence-electron chi connectivity index (χ4n) is 11.1. The molecular weight excluding hydrogens is 717 g/mol. The quantitative estimate of drug-likeness (QED) is 0.167. The van der Waals surface area contributed by atoms with Crippen molar-refractivity contribution in [2.24, 2.45) is 0 Å². The standard InChI is InChI=1S/C57H40O2/c1-57(2)48-30-35(46-32-47-40-15-9-11-21-50(40)58-56(47)54-45-20-10-12-22-51(45)59-55(46)54)25-27-38(48)39-28-26-37(31-49(39)57)53-43-18-7-5-16-41(43)52(42-17-6-8-19-44(42)53)36-24-23-33-13-3-4-14-34(33)29-36/h3-32,40,45,50-51H,1-2H3. The van der Waals surface area contributed by atoms with Gasteiger partial charge in [-0.1, -0.05) is 159 Å². The van der Waals surface area contributed by atoms with Gasteiger partial charge in [0.1, 0.15) is 23.7 Å². The molecule has 8 aromatic carbocycles. The molecule has 2 heterocycles. The van der Waals surface area contributed by atoms with Crippen molar-refractivity contribution in [1.82, 2.24) is 0 Å². The highest BCUT2D eigenvalue weighted by Gasteiger charge is 2.44. The zero-order valence-corrected chi connectivity index (χ0v) is 32.9. The fourth-order valence-corrected chi connectivity index (χ4v) is 11.1. The van der Waals surface area contributed by atoms with Gasteiger partial charge in [0, 0.05) is 28.0 Å². The zero-order valence-electron chi connectivity index (χ0n) is 32.9. The molecule has 0 saturated heterocycles. The lowest BCUT2D eigenvalue weighted by atomic mass is 9.79. The summed E-state index contributed by atoms with van der Waals surface area (Å²) in [5.41, 5.74) is 15.0. The summed E-state index contributed by atoms with van der Waals surface area (Å²) >= 11 is 0. The van der Waals surface area contributed by atoms with Crippen molar-refractivity contribution in [2.45, 2.75) is 43.3 Å². The summed E-state index contributed by atoms with van der Waals surface area (Å²) in [5, 5.41) is 7.61. The summed E-state index contributed by atoms with van der Waals surface area (Å²) in [6, 6.07) is 50.2. The lowest BCUT2D eigenvalue weighted by molar-refractivity contribution is 0.263. The van der Waals surface area contributed by atoms with Crippen molar-refractivity contribution in [2.75, 3.05) is 0 Å². The number of rotatable bonds is 3. The molecule has 2 aliphatic heterocycles. The van der Waals surface area contributed by atoms with Crippen LogP contribution in [0, 0.1) is 0 Å². The summed E-state index contributed by atoms with van der Waals surface area (Å²) in [4.78, 5) is 0. The molecule has 0 saturated carbocycles. The minimum absolute atomic E-state index is 0.0169. The maximum Gasteiger partial charge on any atom is 0.135 e. The minimum Gasteiger partial charge on any atom is -0.485 e. The van der Waals surface area contributed by atoms with Crippen LogP contribution in [0.3, 0.4) is 0 Å². The number of hydrogen-bond acceptors (Lipinski definition) is 2. The number of ether oxygens (including phenoxy) is 2. The van der Waals surface area contributed by atoms with Gasteiger partial charge >= 0.3 is 0 Å². The number of allylic oxidation sites excluding steroid dienone is 4. The first kappa shape index (κ1) is 33.1. The van der Waals surface area contributed by atoms with E-state index in [4.69, 9.17) is 9.47 Å². The van der Waals surface area contributed by atoms with Gasteiger partial charge in [-0.25, -0.2) is 0 Å². The molecule has 0 amide bonds. The van der Waals surface area contributed by atoms with Gasteiger partial charge < -0.3 is 9.47 Å². The average molecular weight is 757 g/mol. The van der Waals surface area contributed by atoms with Gasteiger partial charge in [0.05, 0.1) is 5.92 Å². The Kier molecular flexibility index (Phi) is 6.77. The molecule has 0 spiro atoms. The highest BCUT2D eigenvalue weighted by molar-refractivity contribution is 6.22. The van der Waals surface area contributed by atoms with Crippen molar-refractivity contribution in [3.63, 3.8) is 0 Å². The first-order valence-corrected chi connectivity index (χ1v) is 21.0. The van der Waals surface area contributed by atoms with Gasteiger partial charge in [-0.15, -0.1) is 0 Å². The Balaban J connectivity index is 0.958. The number of hydrogen-bond donors (Lipinski definition) is 0. The highest BCUT2D eigenvalue weighted by atomic mass is 16.5. The Morgan fingerprint density at radius 3 is 1.61 bits per heavy atom. The molecule has 3 aliphatic carbocycles. The maximum absolute atomic E-state index is 6.84. The first-order valence-electron chi connectivity index (χ1n) is 21.0. The average Bonchev–Trinajstić information content (AvgIpc) is 3.92. The predicted molar refractivity (Wildman–Crippen MR) is 244 cm³/mol. The molecule has 13 rings (SSSR count). The molecule has 280 valence electrons. The molecule has 0 bridgehead atoms. The first-order chi connectivity index (χ1) is 29.0. The maximum atomic E-state index is 6.84. The lowest BCUT2D eigenvalue weighted by Crippen LogP contribution is -2.17. The topological polar surface area (TPSA) is 18.5 Å². The van der Waals surface area contributed by atoms with Crippen LogP contribution in [0.4, 0.5) is 0 Å². The van der Waals surface area contributed by atoms with E-state index in [0.29, 0.717) is 0 Å². The third-order valence-corrected chi connectivity index (χ3v) is 13.9. The van der Waals surface area contributed by atoms with Crippen LogP contribution < -0.4 is 9.47 Å². The smallest absolute Gasteiger partial charge is 0.135 e. The third-order valence-electron chi connectivity index (χ3n) is 13.9. The van der Waals surface area contributed by atoms with E-state index >= 15 is 0 Å².